The zero-order chi connectivity index (χ0) is 23.5. The first-order chi connectivity index (χ1) is 16.6. The van der Waals surface area contributed by atoms with Crippen molar-refractivity contribution in [1.82, 2.24) is 19.7 Å². The molecule has 0 bridgehead atoms. The van der Waals surface area contributed by atoms with Crippen LogP contribution in [0.25, 0.3) is 28.2 Å². The number of rotatable bonds is 6. The van der Waals surface area contributed by atoms with E-state index in [1.165, 1.54) is 18.9 Å². The lowest BCUT2D eigenvalue weighted by Gasteiger charge is -2.30. The number of nitrogens with zero attached hydrogens (tertiary/aromatic N) is 4. The zero-order valence-corrected chi connectivity index (χ0v) is 19.5. The Morgan fingerprint density at radius 3 is 2.53 bits per heavy atom. The predicted octanol–water partition coefficient (Wildman–Crippen LogP) is 4.18. The van der Waals surface area contributed by atoms with E-state index in [1.54, 1.807) is 4.90 Å². The van der Waals surface area contributed by atoms with Gasteiger partial charge in [-0.1, -0.05) is 48.2 Å². The number of thioether (sulfide) groups is 1. The van der Waals surface area contributed by atoms with E-state index >= 15 is 0 Å². The van der Waals surface area contributed by atoms with Crippen LogP contribution in [0.5, 0.6) is 0 Å². The number of amides is 1. The second-order valence-corrected chi connectivity index (χ2v) is 9.04. The molecule has 9 heteroatoms. The third-order valence-corrected chi connectivity index (χ3v) is 6.91. The van der Waals surface area contributed by atoms with Crippen molar-refractivity contribution >= 4 is 34.6 Å². The molecule has 0 N–H and O–H groups in total. The zero-order valence-electron chi connectivity index (χ0n) is 18.7. The standard InChI is InChI=1S/C25H24N4O4S/c1-32-24(31)17-11-13-28(14-12-17)22(30)16-34-25-27-26-23(29(25)19-8-3-2-4-9-19)21-15-18-7-5-6-10-20(18)33-21/h2-10,15,17H,11-14,16H2,1H3. The molecule has 0 saturated carbocycles. The lowest BCUT2D eigenvalue weighted by atomic mass is 9.97. The number of ether oxygens (including phenoxy) is 1. The molecular weight excluding hydrogens is 452 g/mol. The number of hydrogen-bond acceptors (Lipinski definition) is 7. The maximum absolute atomic E-state index is 12.9. The van der Waals surface area contributed by atoms with E-state index in [0.29, 0.717) is 42.7 Å². The van der Waals surface area contributed by atoms with E-state index in [2.05, 4.69) is 10.2 Å². The smallest absolute Gasteiger partial charge is 0.308 e. The molecule has 0 atom stereocenters. The van der Waals surface area contributed by atoms with Crippen LogP contribution >= 0.6 is 11.8 Å². The Labute approximate surface area is 200 Å². The Morgan fingerprint density at radius 1 is 1.06 bits per heavy atom. The minimum atomic E-state index is -0.199. The van der Waals surface area contributed by atoms with Crippen LogP contribution in [0.4, 0.5) is 0 Å². The van der Waals surface area contributed by atoms with Gasteiger partial charge in [-0.2, -0.15) is 0 Å². The summed E-state index contributed by atoms with van der Waals surface area (Å²) in [6.45, 7) is 1.10. The van der Waals surface area contributed by atoms with Gasteiger partial charge in [-0.3, -0.25) is 14.2 Å². The summed E-state index contributed by atoms with van der Waals surface area (Å²) in [6, 6.07) is 19.5. The first-order valence-electron chi connectivity index (χ1n) is 11.1. The van der Waals surface area contributed by atoms with Gasteiger partial charge in [-0.05, 0) is 37.1 Å². The molecule has 0 radical (unpaired) electrons. The van der Waals surface area contributed by atoms with Crippen LogP contribution in [0.1, 0.15) is 12.8 Å². The van der Waals surface area contributed by atoms with Gasteiger partial charge < -0.3 is 14.1 Å². The first-order valence-corrected chi connectivity index (χ1v) is 12.1. The van der Waals surface area contributed by atoms with Crippen LogP contribution in [0, 0.1) is 5.92 Å². The van der Waals surface area contributed by atoms with Crippen LogP contribution in [0.2, 0.25) is 0 Å². The quantitative estimate of drug-likeness (QED) is 0.304. The molecule has 3 heterocycles. The van der Waals surface area contributed by atoms with Crippen molar-refractivity contribution in [2.75, 3.05) is 26.0 Å². The van der Waals surface area contributed by atoms with Crippen molar-refractivity contribution in [2.45, 2.75) is 18.0 Å². The number of likely N-dealkylation sites (tertiary alicyclic amines) is 1. The Kier molecular flexibility index (Phi) is 6.35. The molecule has 8 nitrogen and oxygen atoms in total. The van der Waals surface area contributed by atoms with E-state index < -0.39 is 0 Å². The fourth-order valence-corrected chi connectivity index (χ4v) is 5.03. The fraction of sp³-hybridized carbons (Fsp3) is 0.280. The fourth-order valence-electron chi connectivity index (χ4n) is 4.17. The van der Waals surface area contributed by atoms with E-state index in [4.69, 9.17) is 9.15 Å². The molecular formula is C25H24N4O4S. The molecule has 0 unspecified atom stereocenters. The number of fused-ring (bicyclic) bond motifs is 1. The number of carbonyl (C=O) groups excluding carboxylic acids is 2. The number of para-hydroxylation sites is 2. The number of aromatic nitrogens is 3. The molecule has 2 aromatic heterocycles. The highest BCUT2D eigenvalue weighted by Crippen LogP contribution is 2.32. The molecule has 0 aliphatic carbocycles. The van der Waals surface area contributed by atoms with E-state index in [-0.39, 0.29) is 23.5 Å². The third kappa shape index (κ3) is 4.43. The Hall–Kier alpha value is -3.59. The van der Waals surface area contributed by atoms with Crippen LogP contribution in [0.15, 0.2) is 70.2 Å². The van der Waals surface area contributed by atoms with Gasteiger partial charge in [0.15, 0.2) is 10.9 Å². The second-order valence-electron chi connectivity index (χ2n) is 8.09. The Morgan fingerprint density at radius 2 is 1.79 bits per heavy atom. The number of carbonyl (C=O) groups is 2. The first kappa shape index (κ1) is 22.2. The molecule has 4 aromatic rings. The van der Waals surface area contributed by atoms with E-state index in [9.17, 15) is 9.59 Å². The highest BCUT2D eigenvalue weighted by molar-refractivity contribution is 7.99. The monoisotopic (exact) mass is 476 g/mol. The van der Waals surface area contributed by atoms with Crippen molar-refractivity contribution in [2.24, 2.45) is 5.92 Å². The minimum absolute atomic E-state index is 0.0150. The molecule has 1 aliphatic heterocycles. The largest absolute Gasteiger partial charge is 0.469 e. The molecule has 34 heavy (non-hydrogen) atoms. The summed E-state index contributed by atoms with van der Waals surface area (Å²) in [4.78, 5) is 26.4. The number of furan rings is 1. The summed E-state index contributed by atoms with van der Waals surface area (Å²) in [6.07, 6.45) is 1.25. The van der Waals surface area contributed by atoms with Gasteiger partial charge in [-0.15, -0.1) is 10.2 Å². The number of hydrogen-bond donors (Lipinski definition) is 0. The summed E-state index contributed by atoms with van der Waals surface area (Å²) in [5.41, 5.74) is 1.66. The van der Waals surface area contributed by atoms with Crippen LogP contribution in [-0.4, -0.2) is 57.5 Å². The Balaban J connectivity index is 1.36. The predicted molar refractivity (Wildman–Crippen MR) is 129 cm³/mol. The van der Waals surface area contributed by atoms with Gasteiger partial charge in [-0.25, -0.2) is 0 Å². The third-order valence-electron chi connectivity index (χ3n) is 6.00. The van der Waals surface area contributed by atoms with Gasteiger partial charge in [0.2, 0.25) is 11.7 Å². The number of esters is 1. The van der Waals surface area contributed by atoms with Gasteiger partial charge in [0.1, 0.15) is 5.58 Å². The molecule has 1 aliphatic rings. The van der Waals surface area contributed by atoms with Crippen molar-refractivity contribution in [3.05, 3.63) is 60.7 Å². The summed E-state index contributed by atoms with van der Waals surface area (Å²) in [5, 5.41) is 10.4. The molecule has 2 aromatic carbocycles. The molecule has 1 saturated heterocycles. The average Bonchev–Trinajstić information content (AvgIpc) is 3.51. The summed E-state index contributed by atoms with van der Waals surface area (Å²) >= 11 is 1.34. The molecule has 1 fully saturated rings. The van der Waals surface area contributed by atoms with Gasteiger partial charge >= 0.3 is 5.97 Å². The number of methoxy groups -OCH3 is 1. The number of piperidine rings is 1. The molecule has 5 rings (SSSR count). The van der Waals surface area contributed by atoms with Crippen molar-refractivity contribution in [1.29, 1.82) is 0 Å². The lowest BCUT2D eigenvalue weighted by molar-refractivity contribution is -0.148. The highest BCUT2D eigenvalue weighted by Gasteiger charge is 2.28. The van der Waals surface area contributed by atoms with Crippen molar-refractivity contribution < 1.29 is 18.7 Å². The minimum Gasteiger partial charge on any atom is -0.469 e. The summed E-state index contributed by atoms with van der Waals surface area (Å²) in [7, 11) is 1.40. The van der Waals surface area contributed by atoms with Crippen molar-refractivity contribution in [3.63, 3.8) is 0 Å². The maximum atomic E-state index is 12.9. The van der Waals surface area contributed by atoms with Gasteiger partial charge in [0.25, 0.3) is 0 Å². The summed E-state index contributed by atoms with van der Waals surface area (Å²) < 4.78 is 12.8. The average molecular weight is 477 g/mol. The van der Waals surface area contributed by atoms with E-state index in [0.717, 1.165) is 16.7 Å². The highest BCUT2D eigenvalue weighted by atomic mass is 32.2. The Bertz CT molecular complexity index is 1280. The van der Waals surface area contributed by atoms with Crippen LogP contribution < -0.4 is 0 Å². The van der Waals surface area contributed by atoms with Crippen molar-refractivity contribution in [3.8, 4) is 17.3 Å². The molecule has 174 valence electrons. The molecule has 0 spiro atoms. The second kappa shape index (κ2) is 9.72. The summed E-state index contributed by atoms with van der Waals surface area (Å²) in [5.74, 6) is 1.11. The maximum Gasteiger partial charge on any atom is 0.308 e. The van der Waals surface area contributed by atoms with Crippen LogP contribution in [0.3, 0.4) is 0 Å². The van der Waals surface area contributed by atoms with Crippen LogP contribution in [-0.2, 0) is 14.3 Å². The van der Waals surface area contributed by atoms with E-state index in [1.807, 2.05) is 65.2 Å². The SMILES string of the molecule is COC(=O)C1CCN(C(=O)CSc2nnc(-c3cc4ccccc4o3)n2-c2ccccc2)CC1. The number of benzene rings is 2. The van der Waals surface area contributed by atoms with Gasteiger partial charge in [0, 0.05) is 24.2 Å². The molecule has 1 amide bonds. The lowest BCUT2D eigenvalue weighted by Crippen LogP contribution is -2.41. The normalized spacial score (nSPS) is 14.4. The van der Waals surface area contributed by atoms with Gasteiger partial charge in [0.05, 0.1) is 18.8 Å². The topological polar surface area (TPSA) is 90.5 Å².